The number of aromatic nitrogens is 2. The minimum Gasteiger partial charge on any atom is -0.399 e. The molecule has 4 nitrogen and oxygen atoms in total. The Balaban J connectivity index is 1.87. The third-order valence-electron chi connectivity index (χ3n) is 4.39. The van der Waals surface area contributed by atoms with Crippen molar-refractivity contribution in [1.82, 2.24) is 9.78 Å². The molecule has 0 amide bonds. The predicted octanol–water partition coefficient (Wildman–Crippen LogP) is 2.48. The Labute approximate surface area is 126 Å². The van der Waals surface area contributed by atoms with E-state index in [0.29, 0.717) is 0 Å². The summed E-state index contributed by atoms with van der Waals surface area (Å²) in [4.78, 5) is 0. The van der Waals surface area contributed by atoms with Gasteiger partial charge in [-0.05, 0) is 52.3 Å². The van der Waals surface area contributed by atoms with Gasteiger partial charge in [-0.1, -0.05) is 12.1 Å². The molecule has 1 aromatic carbocycles. The average molecular weight is 284 g/mol. The molecule has 2 heterocycles. The maximum atomic E-state index is 6.05. The zero-order valence-electron chi connectivity index (χ0n) is 13.3. The van der Waals surface area contributed by atoms with Gasteiger partial charge in [-0.15, -0.1) is 0 Å². The van der Waals surface area contributed by atoms with Crippen LogP contribution in [0.1, 0.15) is 33.3 Å². The molecular weight excluding hydrogens is 263 g/mol. The maximum Gasteiger partial charge on any atom is 0.498 e. The maximum absolute atomic E-state index is 6.05. The summed E-state index contributed by atoms with van der Waals surface area (Å²) in [7, 11) is -0.367. The van der Waals surface area contributed by atoms with Crippen molar-refractivity contribution in [3.63, 3.8) is 0 Å². The number of benzene rings is 1. The molecule has 0 unspecified atom stereocenters. The first-order valence-corrected chi connectivity index (χ1v) is 7.26. The van der Waals surface area contributed by atoms with Gasteiger partial charge in [0.1, 0.15) is 0 Å². The molecule has 21 heavy (non-hydrogen) atoms. The molecule has 3 rings (SSSR count). The van der Waals surface area contributed by atoms with E-state index < -0.39 is 0 Å². The van der Waals surface area contributed by atoms with Crippen molar-refractivity contribution in [2.45, 2.75) is 45.8 Å². The summed E-state index contributed by atoms with van der Waals surface area (Å²) in [6, 6.07) is 8.23. The smallest absolute Gasteiger partial charge is 0.399 e. The van der Waals surface area contributed by atoms with Gasteiger partial charge in [-0.2, -0.15) is 5.10 Å². The lowest BCUT2D eigenvalue weighted by Crippen LogP contribution is -2.41. The highest BCUT2D eigenvalue weighted by Crippen LogP contribution is 2.36. The number of aryl methyl sites for hydroxylation is 1. The Morgan fingerprint density at radius 3 is 2.38 bits per heavy atom. The molecule has 110 valence electrons. The van der Waals surface area contributed by atoms with E-state index in [9.17, 15) is 0 Å². The first-order valence-electron chi connectivity index (χ1n) is 7.26. The minimum atomic E-state index is -0.367. The van der Waals surface area contributed by atoms with E-state index in [2.05, 4.69) is 51.9 Å². The lowest BCUT2D eigenvalue weighted by molar-refractivity contribution is 0.00578. The molecule has 0 aliphatic carbocycles. The molecule has 0 saturated carbocycles. The van der Waals surface area contributed by atoms with Crippen molar-refractivity contribution >= 4 is 12.6 Å². The fourth-order valence-electron chi connectivity index (χ4n) is 2.35. The summed E-state index contributed by atoms with van der Waals surface area (Å²) in [6.07, 6.45) is 3.78. The fourth-order valence-corrected chi connectivity index (χ4v) is 2.35. The molecule has 5 heteroatoms. The zero-order valence-corrected chi connectivity index (χ0v) is 13.3. The number of hydrogen-bond acceptors (Lipinski definition) is 3. The summed E-state index contributed by atoms with van der Waals surface area (Å²) < 4.78 is 13.9. The largest absolute Gasteiger partial charge is 0.498 e. The van der Waals surface area contributed by atoms with Crippen LogP contribution < -0.4 is 5.46 Å². The van der Waals surface area contributed by atoms with E-state index in [-0.39, 0.29) is 18.3 Å². The molecule has 1 aliphatic heterocycles. The fraction of sp³-hybridized carbons (Fsp3) is 0.438. The van der Waals surface area contributed by atoms with Crippen LogP contribution in [-0.4, -0.2) is 28.1 Å². The van der Waals surface area contributed by atoms with Gasteiger partial charge in [0, 0.05) is 17.9 Å². The van der Waals surface area contributed by atoms with E-state index in [0.717, 1.165) is 11.2 Å². The highest BCUT2D eigenvalue weighted by Gasteiger charge is 2.52. The van der Waals surface area contributed by atoms with Crippen LogP contribution >= 0.6 is 0 Å². The normalized spacial score (nSPS) is 20.0. The molecule has 1 saturated heterocycles. The Bertz CT molecular complexity index is 648. The second-order valence-electron chi connectivity index (χ2n) is 6.65. The quantitative estimate of drug-likeness (QED) is 0.795. The van der Waals surface area contributed by atoms with Gasteiger partial charge in [0.15, 0.2) is 0 Å². The molecule has 0 bridgehead atoms. The first kappa shape index (κ1) is 14.4. The lowest BCUT2D eigenvalue weighted by atomic mass is 9.82. The van der Waals surface area contributed by atoms with Gasteiger partial charge in [0.2, 0.25) is 0 Å². The van der Waals surface area contributed by atoms with Crippen LogP contribution in [0.5, 0.6) is 0 Å². The molecule has 0 spiro atoms. The van der Waals surface area contributed by atoms with E-state index in [1.165, 1.54) is 5.56 Å². The second-order valence-corrected chi connectivity index (χ2v) is 6.65. The molecule has 0 atom stereocenters. The first-order chi connectivity index (χ1) is 9.78. The Kier molecular flexibility index (Phi) is 3.22. The molecule has 0 radical (unpaired) electrons. The average Bonchev–Trinajstić information content (AvgIpc) is 2.93. The van der Waals surface area contributed by atoms with E-state index >= 15 is 0 Å². The van der Waals surface area contributed by atoms with Crippen molar-refractivity contribution in [3.8, 4) is 5.69 Å². The highest BCUT2D eigenvalue weighted by molar-refractivity contribution is 6.62. The Morgan fingerprint density at radius 2 is 1.76 bits per heavy atom. The topological polar surface area (TPSA) is 36.3 Å². The number of nitrogens with zero attached hydrogens (tertiary/aromatic N) is 2. The summed E-state index contributed by atoms with van der Waals surface area (Å²) in [5, 5.41) is 4.42. The van der Waals surface area contributed by atoms with Gasteiger partial charge < -0.3 is 9.31 Å². The van der Waals surface area contributed by atoms with Gasteiger partial charge in [0.25, 0.3) is 0 Å². The van der Waals surface area contributed by atoms with Crippen LogP contribution in [0.4, 0.5) is 0 Å². The van der Waals surface area contributed by atoms with Crippen molar-refractivity contribution < 1.29 is 9.31 Å². The van der Waals surface area contributed by atoms with Crippen molar-refractivity contribution in [1.29, 1.82) is 0 Å². The molecule has 0 N–H and O–H groups in total. The van der Waals surface area contributed by atoms with Crippen LogP contribution in [0, 0.1) is 6.92 Å². The number of hydrogen-bond donors (Lipinski definition) is 0. The Morgan fingerprint density at radius 1 is 1.10 bits per heavy atom. The van der Waals surface area contributed by atoms with Gasteiger partial charge in [-0.25, -0.2) is 4.68 Å². The number of rotatable bonds is 2. The molecule has 1 fully saturated rings. The van der Waals surface area contributed by atoms with Gasteiger partial charge in [0.05, 0.1) is 16.9 Å². The summed E-state index contributed by atoms with van der Waals surface area (Å²) >= 11 is 0. The van der Waals surface area contributed by atoms with Crippen molar-refractivity contribution in [2.24, 2.45) is 0 Å². The lowest BCUT2D eigenvalue weighted by Gasteiger charge is -2.32. The summed E-state index contributed by atoms with van der Waals surface area (Å²) in [5.41, 5.74) is 2.53. The van der Waals surface area contributed by atoms with Gasteiger partial charge >= 0.3 is 7.12 Å². The monoisotopic (exact) mass is 284 g/mol. The molecule has 1 aliphatic rings. The van der Waals surface area contributed by atoms with Crippen LogP contribution in [0.3, 0.4) is 0 Å². The Hall–Kier alpha value is -1.59. The van der Waals surface area contributed by atoms with Gasteiger partial charge in [-0.3, -0.25) is 0 Å². The van der Waals surface area contributed by atoms with E-state index in [1.807, 2.05) is 29.2 Å². The molecule has 1 aromatic heterocycles. The second kappa shape index (κ2) is 4.72. The summed E-state index contributed by atoms with van der Waals surface area (Å²) in [5.74, 6) is 0. The van der Waals surface area contributed by atoms with Crippen LogP contribution in [0.2, 0.25) is 0 Å². The van der Waals surface area contributed by atoms with Crippen LogP contribution in [-0.2, 0) is 9.31 Å². The SMILES string of the molecule is Cc1cccc(-n2cc(B3OC(C)(C)C(C)(C)O3)cn2)c1. The minimum absolute atomic E-state index is 0.330. The standard InChI is InChI=1S/C16H21BN2O2/c1-12-7-6-8-14(9-12)19-11-13(10-18-19)17-20-15(2,3)16(4,5)21-17/h6-11H,1-5H3. The summed E-state index contributed by atoms with van der Waals surface area (Å²) in [6.45, 7) is 10.3. The molecular formula is C16H21BN2O2. The van der Waals surface area contributed by atoms with Crippen LogP contribution in [0.15, 0.2) is 36.7 Å². The van der Waals surface area contributed by atoms with E-state index in [1.54, 1.807) is 0 Å². The predicted molar refractivity (Wildman–Crippen MR) is 84.0 cm³/mol. The molecule has 2 aromatic rings. The van der Waals surface area contributed by atoms with E-state index in [4.69, 9.17) is 9.31 Å². The van der Waals surface area contributed by atoms with Crippen LogP contribution in [0.25, 0.3) is 5.69 Å². The van der Waals surface area contributed by atoms with Crippen molar-refractivity contribution in [3.05, 3.63) is 42.2 Å². The van der Waals surface area contributed by atoms with Crippen molar-refractivity contribution in [2.75, 3.05) is 0 Å². The third-order valence-corrected chi connectivity index (χ3v) is 4.39. The highest BCUT2D eigenvalue weighted by atomic mass is 16.7. The third kappa shape index (κ3) is 2.52. The zero-order chi connectivity index (χ0) is 15.3.